The van der Waals surface area contributed by atoms with Crippen molar-refractivity contribution in [2.75, 3.05) is 12.3 Å². The minimum atomic E-state index is -1.10. The fourth-order valence-electron chi connectivity index (χ4n) is 1.81. The molecule has 3 heteroatoms. The van der Waals surface area contributed by atoms with Gasteiger partial charge in [-0.2, -0.15) is 0 Å². The van der Waals surface area contributed by atoms with Crippen LogP contribution in [-0.4, -0.2) is 33.2 Å². The van der Waals surface area contributed by atoms with Gasteiger partial charge in [-0.25, -0.2) is 0 Å². The van der Waals surface area contributed by atoms with Crippen LogP contribution >= 0.6 is 5.51 Å². The van der Waals surface area contributed by atoms with Crippen LogP contribution in [0, 0.1) is 0 Å². The van der Waals surface area contributed by atoms with E-state index >= 15 is 0 Å². The van der Waals surface area contributed by atoms with E-state index < -0.39 is 5.51 Å². The van der Waals surface area contributed by atoms with Crippen molar-refractivity contribution in [3.05, 3.63) is 30.3 Å². The van der Waals surface area contributed by atoms with E-state index in [9.17, 15) is 4.79 Å². The van der Waals surface area contributed by atoms with E-state index in [-0.39, 0.29) is 0 Å². The van der Waals surface area contributed by atoms with Gasteiger partial charge in [0.05, 0.1) is 0 Å². The third-order valence-electron chi connectivity index (χ3n) is 2.73. The van der Waals surface area contributed by atoms with E-state index in [0.717, 1.165) is 25.2 Å². The van der Waals surface area contributed by atoms with Gasteiger partial charge in [-0.3, -0.25) is 0 Å². The van der Waals surface area contributed by atoms with Gasteiger partial charge < -0.3 is 0 Å². The molecule has 0 aromatic heterocycles. The molecule has 1 aliphatic heterocycles. The Morgan fingerprint density at radius 1 is 1.07 bits per heavy atom. The number of hydrogen-bond acceptors (Lipinski definition) is 1. The molecule has 0 atom stereocenters. The minimum absolute atomic E-state index is 0.437. The summed E-state index contributed by atoms with van der Waals surface area (Å²) in [6.07, 6.45) is 3.68. The van der Waals surface area contributed by atoms with Crippen molar-refractivity contribution in [2.24, 2.45) is 0 Å². The Morgan fingerprint density at radius 3 is 2.21 bits per heavy atom. The molecule has 1 fully saturated rings. The summed E-state index contributed by atoms with van der Waals surface area (Å²) in [5.41, 5.74) is -1.10. The molecular weight excluding hydrogens is 258 g/mol. The van der Waals surface area contributed by atoms with E-state index in [1.54, 1.807) is 0 Å². The number of hydrogen-bond donors (Lipinski definition) is 0. The van der Waals surface area contributed by atoms with Crippen LogP contribution < -0.4 is 5.30 Å². The summed E-state index contributed by atoms with van der Waals surface area (Å²) in [5.74, 6) is 0.437. The Kier molecular flexibility index (Phi) is 3.07. The number of benzene rings is 1. The van der Waals surface area contributed by atoms with Gasteiger partial charge in [0.15, 0.2) is 0 Å². The normalized spacial score (nSPS) is 20.7. The second-order valence-corrected chi connectivity index (χ2v) is 11.3. The Bertz CT molecular complexity index is 372. The molecule has 1 heterocycles. The number of carbonyl (C=O) groups excluding carboxylic acids is 1. The fourth-order valence-corrected chi connectivity index (χ4v) is 6.40. The summed E-state index contributed by atoms with van der Waals surface area (Å²) in [5, 5.41) is 1.44. The van der Waals surface area contributed by atoms with Crippen LogP contribution in [0.1, 0.15) is 12.8 Å². The quantitative estimate of drug-likeness (QED) is 0.562. The van der Waals surface area contributed by atoms with Gasteiger partial charge in [0.1, 0.15) is 0 Å². The van der Waals surface area contributed by atoms with E-state index in [1.807, 2.05) is 6.07 Å². The first-order valence-corrected chi connectivity index (χ1v) is 9.24. The van der Waals surface area contributed by atoms with Crippen LogP contribution in [0.15, 0.2) is 30.3 Å². The molecule has 0 spiro atoms. The van der Waals surface area contributed by atoms with Crippen molar-refractivity contribution in [3.63, 3.8) is 0 Å². The molecule has 0 bridgehead atoms. The van der Waals surface area contributed by atoms with Gasteiger partial charge in [-0.1, -0.05) is 0 Å². The summed E-state index contributed by atoms with van der Waals surface area (Å²) < 4.78 is 0. The van der Waals surface area contributed by atoms with E-state index in [0.29, 0.717) is 5.78 Å². The Morgan fingerprint density at radius 2 is 1.64 bits per heavy atom. The molecule has 1 aliphatic rings. The van der Waals surface area contributed by atoms with Crippen molar-refractivity contribution in [3.8, 4) is 0 Å². The van der Waals surface area contributed by atoms with Crippen molar-refractivity contribution in [1.82, 2.24) is 0 Å². The Hall–Kier alpha value is -0.161. The predicted molar refractivity (Wildman–Crippen MR) is 62.7 cm³/mol. The fraction of sp³-hybridized carbons (Fsp3) is 0.364. The van der Waals surface area contributed by atoms with Crippen molar-refractivity contribution in [1.29, 1.82) is 0 Å². The zero-order valence-corrected chi connectivity index (χ0v) is 10.6. The summed E-state index contributed by atoms with van der Waals surface area (Å²) in [7, 11) is 0. The van der Waals surface area contributed by atoms with Crippen LogP contribution in [0.3, 0.4) is 0 Å². The first-order chi connectivity index (χ1) is 6.71. The van der Waals surface area contributed by atoms with Gasteiger partial charge in [-0.05, 0) is 0 Å². The first kappa shape index (κ1) is 10.4. The van der Waals surface area contributed by atoms with Gasteiger partial charge in [0.2, 0.25) is 0 Å². The first-order valence-electron chi connectivity index (χ1n) is 4.86. The number of ketones is 1. The van der Waals surface area contributed by atoms with Crippen LogP contribution in [-0.2, 0) is 4.79 Å². The summed E-state index contributed by atoms with van der Waals surface area (Å²) in [6.45, 7) is 0. The van der Waals surface area contributed by atoms with Crippen LogP contribution in [0.2, 0.25) is 0 Å². The average molecular weight is 271 g/mol. The van der Waals surface area contributed by atoms with Gasteiger partial charge in [-0.15, -0.1) is 0 Å². The molecule has 1 saturated heterocycles. The van der Waals surface area contributed by atoms with Crippen molar-refractivity contribution in [2.45, 2.75) is 12.8 Å². The molecule has 14 heavy (non-hydrogen) atoms. The molecule has 0 N–H and O–H groups in total. The summed E-state index contributed by atoms with van der Waals surface area (Å²) >= 11 is 3.39. The topological polar surface area (TPSA) is 17.1 Å². The third-order valence-corrected chi connectivity index (χ3v) is 9.49. The molecule has 0 saturated carbocycles. The van der Waals surface area contributed by atoms with E-state index in [4.69, 9.17) is 0 Å². The maximum absolute atomic E-state index is 11.2. The number of Topliss-reactive ketones (excluding diaryl/α,β-unsaturated/α-hetero) is 1. The van der Waals surface area contributed by atoms with Crippen LogP contribution in [0.4, 0.5) is 0 Å². The second kappa shape index (κ2) is 4.14. The molecule has 1 aromatic rings. The standard InChI is InChI=1S/C11H13OPSe/c12-10-6-8-13(14,9-7-10)11-4-2-1-3-5-11/h1-5H,6-9H2. The van der Waals surface area contributed by atoms with E-state index in [2.05, 4.69) is 39.4 Å². The van der Waals surface area contributed by atoms with Crippen LogP contribution in [0.5, 0.6) is 0 Å². The third kappa shape index (κ3) is 2.08. The van der Waals surface area contributed by atoms with Crippen LogP contribution in [0.25, 0.3) is 0 Å². The Labute approximate surface area is 92.1 Å². The average Bonchev–Trinajstić information content (AvgIpc) is 2.24. The molecule has 0 unspecified atom stereocenters. The molecule has 1 nitrogen and oxygen atoms in total. The predicted octanol–water partition coefficient (Wildman–Crippen LogP) is 1.78. The number of rotatable bonds is 1. The van der Waals surface area contributed by atoms with Gasteiger partial charge >= 0.3 is 92.0 Å². The Balaban J connectivity index is 2.26. The molecule has 0 amide bonds. The van der Waals surface area contributed by atoms with E-state index in [1.165, 1.54) is 5.30 Å². The van der Waals surface area contributed by atoms with Gasteiger partial charge in [0, 0.05) is 0 Å². The zero-order chi connectivity index (χ0) is 10.0. The molecule has 0 radical (unpaired) electrons. The molecule has 74 valence electrons. The molecular formula is C11H13OPSe. The zero-order valence-electron chi connectivity index (χ0n) is 7.98. The monoisotopic (exact) mass is 272 g/mol. The molecule has 0 aliphatic carbocycles. The second-order valence-electron chi connectivity index (χ2n) is 3.71. The maximum atomic E-state index is 11.2. The number of carbonyl (C=O) groups is 1. The molecule has 1 aromatic carbocycles. The van der Waals surface area contributed by atoms with Gasteiger partial charge in [0.25, 0.3) is 0 Å². The van der Waals surface area contributed by atoms with Crippen molar-refractivity contribution < 1.29 is 4.79 Å². The molecule has 2 rings (SSSR count). The van der Waals surface area contributed by atoms with Crippen molar-refractivity contribution >= 4 is 31.7 Å². The summed E-state index contributed by atoms with van der Waals surface area (Å²) in [6, 6.07) is 10.6. The SMILES string of the molecule is O=C1CCP(=[Se])(c2ccccc2)CC1. The summed E-state index contributed by atoms with van der Waals surface area (Å²) in [4.78, 5) is 11.2.